The van der Waals surface area contributed by atoms with Crippen LogP contribution in [0.3, 0.4) is 0 Å². The molecule has 2 nitrogen and oxygen atoms in total. The van der Waals surface area contributed by atoms with Gasteiger partial charge in [0, 0.05) is 18.9 Å². The van der Waals surface area contributed by atoms with Gasteiger partial charge in [-0.25, -0.2) is 0 Å². The van der Waals surface area contributed by atoms with Crippen molar-refractivity contribution < 1.29 is 0 Å². The van der Waals surface area contributed by atoms with Gasteiger partial charge < -0.3 is 5.32 Å². The normalized spacial score (nSPS) is 10.6. The largest absolute Gasteiger partial charge is 0.313 e. The first-order chi connectivity index (χ1) is 7.84. The molecular weight excluding hydrogens is 335 g/mol. The molecule has 0 unspecified atom stereocenters. The second-order valence-corrected chi connectivity index (χ2v) is 5.23. The van der Waals surface area contributed by atoms with Crippen LogP contribution in [-0.2, 0) is 6.54 Å². The summed E-state index contributed by atoms with van der Waals surface area (Å²) in [5.41, 5.74) is 1.13. The number of aromatic nitrogens is 1. The molecule has 90 valence electrons. The van der Waals surface area contributed by atoms with Crippen LogP contribution in [0.15, 0.2) is 18.5 Å². The Kier molecular flexibility index (Phi) is 8.15. The molecule has 0 saturated carbocycles. The summed E-state index contributed by atoms with van der Waals surface area (Å²) in [6.07, 6.45) is 8.74. The van der Waals surface area contributed by atoms with Gasteiger partial charge in [-0.1, -0.05) is 47.0 Å². The molecule has 0 spiro atoms. The second kappa shape index (κ2) is 9.19. The summed E-state index contributed by atoms with van der Waals surface area (Å²) in [7, 11) is 0. The summed E-state index contributed by atoms with van der Waals surface area (Å²) in [6.45, 7) is 1.91. The molecule has 1 aromatic heterocycles. The van der Waals surface area contributed by atoms with E-state index in [1.165, 1.54) is 30.1 Å². The van der Waals surface area contributed by atoms with Gasteiger partial charge in [-0.05, 0) is 35.4 Å². The number of hydrogen-bond acceptors (Lipinski definition) is 2. The molecule has 1 aromatic rings. The fraction of sp³-hybridized carbons (Fsp3) is 0.583. The second-order valence-electron chi connectivity index (χ2n) is 3.75. The number of nitrogens with zero attached hydrogens (tertiary/aromatic N) is 1. The molecule has 16 heavy (non-hydrogen) atoms. The fourth-order valence-corrected chi connectivity index (χ4v) is 2.19. The molecule has 0 fully saturated rings. The first kappa shape index (κ1) is 14.2. The van der Waals surface area contributed by atoms with Gasteiger partial charge in [0.2, 0.25) is 0 Å². The summed E-state index contributed by atoms with van der Waals surface area (Å²) >= 11 is 8.43. The summed E-state index contributed by atoms with van der Waals surface area (Å²) in [5.74, 6) is 0. The highest BCUT2D eigenvalue weighted by molar-refractivity contribution is 14.1. The predicted molar refractivity (Wildman–Crippen MR) is 78.3 cm³/mol. The van der Waals surface area contributed by atoms with E-state index in [-0.39, 0.29) is 0 Å². The lowest BCUT2D eigenvalue weighted by molar-refractivity contribution is 0.600. The van der Waals surface area contributed by atoms with E-state index >= 15 is 0 Å². The molecule has 0 radical (unpaired) electrons. The van der Waals surface area contributed by atoms with Gasteiger partial charge >= 0.3 is 0 Å². The van der Waals surface area contributed by atoms with Crippen molar-refractivity contribution >= 4 is 34.2 Å². The van der Waals surface area contributed by atoms with E-state index < -0.39 is 0 Å². The molecule has 0 saturated heterocycles. The summed E-state index contributed by atoms with van der Waals surface area (Å²) < 4.78 is 1.28. The summed E-state index contributed by atoms with van der Waals surface area (Å²) in [4.78, 5) is 3.96. The zero-order chi connectivity index (χ0) is 11.6. The number of unbranched alkanes of at least 4 members (excludes halogenated alkanes) is 3. The maximum atomic E-state index is 6.00. The van der Waals surface area contributed by atoms with Gasteiger partial charge in [-0.2, -0.15) is 0 Å². The van der Waals surface area contributed by atoms with E-state index in [2.05, 4.69) is 32.9 Å². The van der Waals surface area contributed by atoms with Gasteiger partial charge in [0.1, 0.15) is 0 Å². The van der Waals surface area contributed by atoms with Crippen LogP contribution in [0, 0.1) is 0 Å². The smallest absolute Gasteiger partial charge is 0.0634 e. The van der Waals surface area contributed by atoms with Crippen LogP contribution in [0.1, 0.15) is 31.2 Å². The third kappa shape index (κ3) is 6.01. The van der Waals surface area contributed by atoms with Crippen LogP contribution in [0.2, 0.25) is 5.02 Å². The summed E-state index contributed by atoms with van der Waals surface area (Å²) in [5, 5.41) is 4.16. The molecular formula is C12H18ClIN2. The minimum atomic E-state index is 0.750. The minimum absolute atomic E-state index is 0.750. The molecule has 4 heteroatoms. The molecule has 0 bridgehead atoms. The van der Waals surface area contributed by atoms with Crippen LogP contribution < -0.4 is 5.32 Å². The van der Waals surface area contributed by atoms with Crippen LogP contribution in [-0.4, -0.2) is 16.0 Å². The number of pyridine rings is 1. The Labute approximate surface area is 116 Å². The average Bonchev–Trinajstić information content (AvgIpc) is 2.30. The topological polar surface area (TPSA) is 24.9 Å². The average molecular weight is 353 g/mol. The highest BCUT2D eigenvalue weighted by Gasteiger charge is 1.98. The Morgan fingerprint density at radius 2 is 2.06 bits per heavy atom. The lowest BCUT2D eigenvalue weighted by Crippen LogP contribution is -2.14. The molecule has 1 N–H and O–H groups in total. The Balaban J connectivity index is 2.05. The molecule has 0 aliphatic rings. The Bertz CT molecular complexity index is 294. The monoisotopic (exact) mass is 352 g/mol. The van der Waals surface area contributed by atoms with E-state index in [0.717, 1.165) is 23.7 Å². The third-order valence-electron chi connectivity index (χ3n) is 2.41. The van der Waals surface area contributed by atoms with Crippen molar-refractivity contribution in [3.8, 4) is 0 Å². The van der Waals surface area contributed by atoms with Crippen LogP contribution in [0.4, 0.5) is 0 Å². The number of hydrogen-bond donors (Lipinski definition) is 1. The van der Waals surface area contributed by atoms with E-state index in [1.807, 2.05) is 6.07 Å². The van der Waals surface area contributed by atoms with Gasteiger partial charge in [0.15, 0.2) is 0 Å². The van der Waals surface area contributed by atoms with Crippen molar-refractivity contribution in [2.45, 2.75) is 32.2 Å². The van der Waals surface area contributed by atoms with E-state index in [1.54, 1.807) is 12.4 Å². The number of alkyl halides is 1. The van der Waals surface area contributed by atoms with Crippen molar-refractivity contribution in [2.75, 3.05) is 11.0 Å². The van der Waals surface area contributed by atoms with Crippen molar-refractivity contribution in [3.05, 3.63) is 29.0 Å². The first-order valence-corrected chi connectivity index (χ1v) is 7.60. The molecule has 0 amide bonds. The summed E-state index contributed by atoms with van der Waals surface area (Å²) in [6, 6.07) is 1.96. The SMILES string of the molecule is Clc1cnccc1CNCCCCCCI. The van der Waals surface area contributed by atoms with Gasteiger partial charge in [-0.3, -0.25) is 4.98 Å². The molecule has 0 aliphatic heterocycles. The van der Waals surface area contributed by atoms with Crippen molar-refractivity contribution in [2.24, 2.45) is 0 Å². The minimum Gasteiger partial charge on any atom is -0.313 e. The molecule has 0 aliphatic carbocycles. The quantitative estimate of drug-likeness (QED) is 0.437. The van der Waals surface area contributed by atoms with E-state index in [0.29, 0.717) is 0 Å². The zero-order valence-electron chi connectivity index (χ0n) is 9.38. The lowest BCUT2D eigenvalue weighted by Gasteiger charge is -2.05. The van der Waals surface area contributed by atoms with Crippen molar-refractivity contribution in [1.29, 1.82) is 0 Å². The fourth-order valence-electron chi connectivity index (χ4n) is 1.47. The Morgan fingerprint density at radius 1 is 1.25 bits per heavy atom. The lowest BCUT2D eigenvalue weighted by atomic mass is 10.2. The molecule has 0 atom stereocenters. The number of nitrogens with one attached hydrogen (secondary N) is 1. The number of halogens is 2. The maximum Gasteiger partial charge on any atom is 0.0634 e. The molecule has 1 rings (SSSR count). The van der Waals surface area contributed by atoms with Crippen LogP contribution in [0.5, 0.6) is 0 Å². The standard InChI is InChI=1S/C12H18ClIN2/c13-12-10-16-8-5-11(12)9-15-7-4-2-1-3-6-14/h5,8,10,15H,1-4,6-7,9H2. The zero-order valence-corrected chi connectivity index (χ0v) is 12.3. The van der Waals surface area contributed by atoms with Crippen LogP contribution in [0.25, 0.3) is 0 Å². The van der Waals surface area contributed by atoms with Crippen molar-refractivity contribution in [1.82, 2.24) is 10.3 Å². The predicted octanol–water partition coefficient (Wildman–Crippen LogP) is 3.82. The van der Waals surface area contributed by atoms with E-state index in [4.69, 9.17) is 11.6 Å². The van der Waals surface area contributed by atoms with Crippen molar-refractivity contribution in [3.63, 3.8) is 0 Å². The van der Waals surface area contributed by atoms with Crippen LogP contribution >= 0.6 is 34.2 Å². The van der Waals surface area contributed by atoms with E-state index in [9.17, 15) is 0 Å². The van der Waals surface area contributed by atoms with Gasteiger partial charge in [0.05, 0.1) is 5.02 Å². The molecule has 1 heterocycles. The Morgan fingerprint density at radius 3 is 2.81 bits per heavy atom. The highest BCUT2D eigenvalue weighted by atomic mass is 127. The third-order valence-corrected chi connectivity index (χ3v) is 3.51. The highest BCUT2D eigenvalue weighted by Crippen LogP contribution is 2.12. The Hall–Kier alpha value is 0.130. The van der Waals surface area contributed by atoms with Gasteiger partial charge in [0.25, 0.3) is 0 Å². The number of rotatable bonds is 8. The van der Waals surface area contributed by atoms with Gasteiger partial charge in [-0.15, -0.1) is 0 Å². The molecule has 0 aromatic carbocycles. The first-order valence-electron chi connectivity index (χ1n) is 5.69. The maximum absolute atomic E-state index is 6.00.